The summed E-state index contributed by atoms with van der Waals surface area (Å²) in [5.41, 5.74) is -0.0354. The molecule has 0 bridgehead atoms. The van der Waals surface area contributed by atoms with Crippen LogP contribution in [0.3, 0.4) is 0 Å². The van der Waals surface area contributed by atoms with Gasteiger partial charge in [-0.05, 0) is 16.4 Å². The van der Waals surface area contributed by atoms with Crippen LogP contribution in [0.1, 0.15) is 11.5 Å². The van der Waals surface area contributed by atoms with Crippen molar-refractivity contribution >= 4 is 46.3 Å². The maximum atomic E-state index is 10.7. The molecule has 0 amide bonds. The first-order valence-electron chi connectivity index (χ1n) is 4.38. The molecular weight excluding hydrogens is 249 g/mol. The summed E-state index contributed by atoms with van der Waals surface area (Å²) in [6, 6.07) is 5.99. The van der Waals surface area contributed by atoms with Crippen molar-refractivity contribution in [2.45, 2.75) is 5.92 Å². The molecule has 0 unspecified atom stereocenters. The van der Waals surface area contributed by atoms with Gasteiger partial charge in [-0.15, -0.1) is 0 Å². The van der Waals surface area contributed by atoms with Crippen LogP contribution in [0.15, 0.2) is 16.8 Å². The normalized spacial score (nSPS) is 9.50. The number of hydrogen-bond donors (Lipinski definition) is 0. The Hall–Kier alpha value is -2.00. The van der Waals surface area contributed by atoms with Crippen LogP contribution < -0.4 is 0 Å². The molecule has 0 N–H and O–H groups in total. The number of benzene rings is 1. The van der Waals surface area contributed by atoms with Crippen LogP contribution in [0.25, 0.3) is 11.0 Å². The van der Waals surface area contributed by atoms with Crippen LogP contribution in [-0.4, -0.2) is 44.8 Å². The summed E-state index contributed by atoms with van der Waals surface area (Å²) in [6.07, 6.45) is 0. The molecule has 0 aliphatic rings. The molecule has 83 valence electrons. The van der Waals surface area contributed by atoms with Crippen molar-refractivity contribution in [2.24, 2.45) is 0 Å². The second kappa shape index (κ2) is 5.56. The third kappa shape index (κ3) is 2.17. The van der Waals surface area contributed by atoms with Crippen LogP contribution in [0.2, 0.25) is 0 Å². The fourth-order valence-corrected chi connectivity index (χ4v) is 1.42. The first-order chi connectivity index (χ1) is 8.19. The molecule has 0 fully saturated rings. The van der Waals surface area contributed by atoms with Crippen LogP contribution in [0.4, 0.5) is 5.69 Å². The average Bonchev–Trinajstić information content (AvgIpc) is 2.79. The van der Waals surface area contributed by atoms with E-state index >= 15 is 0 Å². The minimum Gasteiger partial charge on any atom is -0.258 e. The Kier molecular flexibility index (Phi) is 4.34. The van der Waals surface area contributed by atoms with Gasteiger partial charge in [-0.25, -0.2) is 4.63 Å². The number of rotatable bonds is 2. The summed E-state index contributed by atoms with van der Waals surface area (Å²) in [5, 5.41) is 35.1. The van der Waals surface area contributed by atoms with Gasteiger partial charge < -0.3 is 0 Å². The van der Waals surface area contributed by atoms with E-state index in [1.54, 1.807) is 12.1 Å². The first-order valence-corrected chi connectivity index (χ1v) is 4.38. The Labute approximate surface area is 122 Å². The van der Waals surface area contributed by atoms with Gasteiger partial charge >= 0.3 is 5.69 Å². The molecule has 2 aromatic rings. The molecule has 1 aromatic heterocycles. The van der Waals surface area contributed by atoms with Gasteiger partial charge in [-0.2, -0.15) is 10.5 Å². The summed E-state index contributed by atoms with van der Waals surface area (Å²) in [4.78, 5) is 10.1. The zero-order valence-corrected chi connectivity index (χ0v) is 11.2. The van der Waals surface area contributed by atoms with Gasteiger partial charge in [-0.3, -0.25) is 10.1 Å². The number of nitrogens with zero attached hydrogens (tertiary/aromatic N) is 5. The first kappa shape index (κ1) is 14.1. The quantitative estimate of drug-likeness (QED) is 0.440. The summed E-state index contributed by atoms with van der Waals surface area (Å²) in [5.74, 6) is -1.06. The molecule has 0 aliphatic heterocycles. The van der Waals surface area contributed by atoms with Gasteiger partial charge in [0.05, 0.1) is 17.1 Å². The number of nitro benzene ring substituents is 1. The van der Waals surface area contributed by atoms with E-state index in [0.29, 0.717) is 0 Å². The number of hydrogen-bond acceptors (Lipinski definition) is 7. The summed E-state index contributed by atoms with van der Waals surface area (Å²) in [6.45, 7) is 0. The predicted octanol–water partition coefficient (Wildman–Crippen LogP) is 0.881. The van der Waals surface area contributed by atoms with E-state index in [4.69, 9.17) is 10.5 Å². The summed E-state index contributed by atoms with van der Waals surface area (Å²) >= 11 is 0. The van der Waals surface area contributed by atoms with Crippen molar-refractivity contribution in [3.8, 4) is 12.1 Å². The molecular formula is C9H3N5NaO3. The van der Waals surface area contributed by atoms with Gasteiger partial charge in [0.1, 0.15) is 5.52 Å². The maximum Gasteiger partial charge on any atom is 0.300 e. The molecule has 1 radical (unpaired) electrons. The minimum absolute atomic E-state index is 0. The second-order valence-corrected chi connectivity index (χ2v) is 3.08. The van der Waals surface area contributed by atoms with E-state index in [1.807, 2.05) is 0 Å². The summed E-state index contributed by atoms with van der Waals surface area (Å²) in [7, 11) is 0. The van der Waals surface area contributed by atoms with E-state index in [2.05, 4.69) is 14.9 Å². The molecule has 0 aliphatic carbocycles. The standard InChI is InChI=1S/C9H3N5O3.Na/c10-3-5(4-11)6-1-2-7(14(15)16)9-8(6)12-17-13-9;/h1-2,5H;. The Morgan fingerprint density at radius 3 is 2.44 bits per heavy atom. The maximum absolute atomic E-state index is 10.7. The van der Waals surface area contributed by atoms with Crippen molar-refractivity contribution in [3.63, 3.8) is 0 Å². The minimum atomic E-state index is -1.06. The molecule has 2 rings (SSSR count). The number of nitriles is 2. The molecule has 18 heavy (non-hydrogen) atoms. The van der Waals surface area contributed by atoms with Crippen molar-refractivity contribution < 1.29 is 9.55 Å². The van der Waals surface area contributed by atoms with Crippen LogP contribution in [-0.2, 0) is 0 Å². The molecule has 0 saturated heterocycles. The predicted molar refractivity (Wildman–Crippen MR) is 58.2 cm³/mol. The number of nitro groups is 1. The smallest absolute Gasteiger partial charge is 0.258 e. The van der Waals surface area contributed by atoms with E-state index in [1.165, 1.54) is 12.1 Å². The fraction of sp³-hybridized carbons (Fsp3) is 0.111. The van der Waals surface area contributed by atoms with Gasteiger partial charge in [-0.1, -0.05) is 0 Å². The SMILES string of the molecule is N#CC(C#N)c1ccc([N+](=O)[O-])c2nonc12.[Na]. The third-order valence-corrected chi connectivity index (χ3v) is 2.19. The van der Waals surface area contributed by atoms with Gasteiger partial charge in [0.15, 0.2) is 5.92 Å². The molecule has 0 saturated carbocycles. The third-order valence-electron chi connectivity index (χ3n) is 2.19. The number of non-ortho nitro benzene ring substituents is 1. The number of fused-ring (bicyclic) bond motifs is 1. The van der Waals surface area contributed by atoms with Crippen molar-refractivity contribution in [3.05, 3.63) is 27.8 Å². The summed E-state index contributed by atoms with van der Waals surface area (Å²) < 4.78 is 4.41. The fourth-order valence-electron chi connectivity index (χ4n) is 1.42. The Morgan fingerprint density at radius 1 is 1.28 bits per heavy atom. The van der Waals surface area contributed by atoms with Gasteiger partial charge in [0.25, 0.3) is 0 Å². The second-order valence-electron chi connectivity index (χ2n) is 3.08. The Bertz CT molecular complexity index is 670. The molecule has 0 atom stereocenters. The molecule has 8 nitrogen and oxygen atoms in total. The molecule has 1 aromatic carbocycles. The Morgan fingerprint density at radius 2 is 1.89 bits per heavy atom. The average molecular weight is 252 g/mol. The zero-order valence-electron chi connectivity index (χ0n) is 9.19. The topological polar surface area (TPSA) is 130 Å². The van der Waals surface area contributed by atoms with E-state index in [0.717, 1.165) is 0 Å². The van der Waals surface area contributed by atoms with E-state index in [9.17, 15) is 10.1 Å². The monoisotopic (exact) mass is 252 g/mol. The van der Waals surface area contributed by atoms with E-state index < -0.39 is 10.8 Å². The van der Waals surface area contributed by atoms with Gasteiger partial charge in [0, 0.05) is 41.2 Å². The van der Waals surface area contributed by atoms with Crippen molar-refractivity contribution in [1.29, 1.82) is 10.5 Å². The largest absolute Gasteiger partial charge is 0.300 e. The van der Waals surface area contributed by atoms with E-state index in [-0.39, 0.29) is 51.8 Å². The molecule has 0 spiro atoms. The number of aromatic nitrogens is 2. The Balaban J connectivity index is 0.00000162. The van der Waals surface area contributed by atoms with Crippen LogP contribution >= 0.6 is 0 Å². The van der Waals surface area contributed by atoms with Crippen LogP contribution in [0, 0.1) is 32.8 Å². The molecule has 1 heterocycles. The van der Waals surface area contributed by atoms with Crippen molar-refractivity contribution in [2.75, 3.05) is 0 Å². The molecule has 9 heteroatoms. The van der Waals surface area contributed by atoms with Crippen LogP contribution in [0.5, 0.6) is 0 Å². The van der Waals surface area contributed by atoms with Gasteiger partial charge in [0.2, 0.25) is 5.52 Å². The van der Waals surface area contributed by atoms with Crippen molar-refractivity contribution in [1.82, 2.24) is 10.3 Å². The zero-order chi connectivity index (χ0) is 12.4.